The number of piperazine rings is 1. The standard InChI is InChI=1S/C24H25N3O/c25-13-16-5-7-17(8-6-16)18-9-11-19(12-10-18)23-21-14-27(15-22(23)26-21)24(28)20-3-1-2-4-20/h5-12,20-23,26H,1-4,14-15H2/t21-,22+,23?. The van der Waals surface area contributed by atoms with Crippen LogP contribution in [0.3, 0.4) is 0 Å². The van der Waals surface area contributed by atoms with Crippen molar-refractivity contribution in [3.8, 4) is 17.2 Å². The highest BCUT2D eigenvalue weighted by Crippen LogP contribution is 2.39. The van der Waals surface area contributed by atoms with Crippen molar-refractivity contribution in [3.63, 3.8) is 0 Å². The van der Waals surface area contributed by atoms with Gasteiger partial charge in [-0.3, -0.25) is 4.79 Å². The lowest BCUT2D eigenvalue weighted by atomic mass is 9.74. The quantitative estimate of drug-likeness (QED) is 0.895. The van der Waals surface area contributed by atoms with Crippen molar-refractivity contribution in [3.05, 3.63) is 59.7 Å². The van der Waals surface area contributed by atoms with Crippen molar-refractivity contribution < 1.29 is 4.79 Å². The van der Waals surface area contributed by atoms with Crippen LogP contribution in [0.1, 0.15) is 42.7 Å². The first-order valence-corrected chi connectivity index (χ1v) is 10.4. The molecule has 3 saturated heterocycles. The van der Waals surface area contributed by atoms with Gasteiger partial charge in [-0.2, -0.15) is 5.26 Å². The summed E-state index contributed by atoms with van der Waals surface area (Å²) in [6.07, 6.45) is 4.59. The Morgan fingerprint density at radius 3 is 2.07 bits per heavy atom. The summed E-state index contributed by atoms with van der Waals surface area (Å²) < 4.78 is 0. The Bertz CT molecular complexity index is 894. The highest BCUT2D eigenvalue weighted by atomic mass is 16.2. The second kappa shape index (κ2) is 7.07. The molecule has 3 heterocycles. The van der Waals surface area contributed by atoms with E-state index in [2.05, 4.69) is 40.6 Å². The van der Waals surface area contributed by atoms with E-state index in [4.69, 9.17) is 5.26 Å². The lowest BCUT2D eigenvalue weighted by Gasteiger charge is -2.55. The van der Waals surface area contributed by atoms with Crippen LogP contribution in [0.15, 0.2) is 48.5 Å². The Hall–Kier alpha value is -2.64. The van der Waals surface area contributed by atoms with Crippen LogP contribution < -0.4 is 5.32 Å². The van der Waals surface area contributed by atoms with E-state index in [1.54, 1.807) is 0 Å². The summed E-state index contributed by atoms with van der Waals surface area (Å²) in [6, 6.07) is 19.4. The zero-order valence-corrected chi connectivity index (χ0v) is 16.0. The summed E-state index contributed by atoms with van der Waals surface area (Å²) >= 11 is 0. The first kappa shape index (κ1) is 17.5. The zero-order valence-electron chi connectivity index (χ0n) is 16.0. The molecule has 4 fully saturated rings. The predicted octanol–water partition coefficient (Wildman–Crippen LogP) is 3.68. The third kappa shape index (κ3) is 3.00. The molecule has 6 rings (SSSR count). The lowest BCUT2D eigenvalue weighted by Crippen LogP contribution is -2.72. The van der Waals surface area contributed by atoms with E-state index >= 15 is 0 Å². The van der Waals surface area contributed by atoms with Crippen molar-refractivity contribution in [2.45, 2.75) is 43.7 Å². The molecule has 1 unspecified atom stereocenters. The number of fused-ring (bicyclic) bond motifs is 2. The average Bonchev–Trinajstić information content (AvgIpc) is 3.29. The minimum Gasteiger partial charge on any atom is -0.339 e. The van der Waals surface area contributed by atoms with E-state index in [-0.39, 0.29) is 5.92 Å². The van der Waals surface area contributed by atoms with Crippen molar-refractivity contribution in [2.24, 2.45) is 5.92 Å². The molecule has 1 aliphatic carbocycles. The van der Waals surface area contributed by atoms with Gasteiger partial charge in [0.1, 0.15) is 0 Å². The summed E-state index contributed by atoms with van der Waals surface area (Å²) in [4.78, 5) is 14.8. The molecule has 1 saturated carbocycles. The van der Waals surface area contributed by atoms with E-state index in [0.717, 1.165) is 31.5 Å². The average molecular weight is 371 g/mol. The van der Waals surface area contributed by atoms with Gasteiger partial charge in [0, 0.05) is 37.0 Å². The summed E-state index contributed by atoms with van der Waals surface area (Å²) in [5, 5.41) is 12.6. The summed E-state index contributed by atoms with van der Waals surface area (Å²) in [5.74, 6) is 1.17. The number of nitrogens with one attached hydrogen (secondary N) is 1. The summed E-state index contributed by atoms with van der Waals surface area (Å²) in [6.45, 7) is 1.68. The topological polar surface area (TPSA) is 56.1 Å². The van der Waals surface area contributed by atoms with Crippen molar-refractivity contribution >= 4 is 5.91 Å². The molecule has 142 valence electrons. The molecule has 1 N–H and O–H groups in total. The Kier molecular flexibility index (Phi) is 4.41. The summed E-state index contributed by atoms with van der Waals surface area (Å²) in [5.41, 5.74) is 4.35. The lowest BCUT2D eigenvalue weighted by molar-refractivity contribution is -0.140. The number of nitriles is 1. The molecule has 0 spiro atoms. The maximum atomic E-state index is 12.7. The molecule has 0 radical (unpaired) electrons. The number of nitrogens with zero attached hydrogens (tertiary/aromatic N) is 2. The molecule has 4 aliphatic rings. The van der Waals surface area contributed by atoms with Crippen LogP contribution in [0.25, 0.3) is 11.1 Å². The highest BCUT2D eigenvalue weighted by Gasteiger charge is 2.48. The van der Waals surface area contributed by atoms with Gasteiger partial charge >= 0.3 is 0 Å². The smallest absolute Gasteiger partial charge is 0.225 e. The molecule has 4 heteroatoms. The second-order valence-electron chi connectivity index (χ2n) is 8.44. The molecule has 3 atom stereocenters. The third-order valence-corrected chi connectivity index (χ3v) is 6.79. The third-order valence-electron chi connectivity index (χ3n) is 6.79. The molecule has 0 aromatic heterocycles. The van der Waals surface area contributed by atoms with E-state index < -0.39 is 0 Å². The van der Waals surface area contributed by atoms with Gasteiger partial charge in [0.25, 0.3) is 0 Å². The van der Waals surface area contributed by atoms with Crippen LogP contribution in [0.5, 0.6) is 0 Å². The van der Waals surface area contributed by atoms with Gasteiger partial charge in [-0.05, 0) is 41.7 Å². The van der Waals surface area contributed by atoms with Gasteiger partial charge in [0.05, 0.1) is 11.6 Å². The molecule has 3 aliphatic heterocycles. The van der Waals surface area contributed by atoms with Crippen LogP contribution in [0.2, 0.25) is 0 Å². The van der Waals surface area contributed by atoms with Gasteiger partial charge in [-0.25, -0.2) is 0 Å². The van der Waals surface area contributed by atoms with Crippen molar-refractivity contribution in [1.29, 1.82) is 5.26 Å². The van der Waals surface area contributed by atoms with E-state index in [9.17, 15) is 4.79 Å². The van der Waals surface area contributed by atoms with Gasteiger partial charge in [-0.1, -0.05) is 49.2 Å². The molecule has 28 heavy (non-hydrogen) atoms. The fourth-order valence-electron chi connectivity index (χ4n) is 5.24. The van der Waals surface area contributed by atoms with E-state index in [0.29, 0.717) is 29.5 Å². The van der Waals surface area contributed by atoms with Gasteiger partial charge in [-0.15, -0.1) is 0 Å². The van der Waals surface area contributed by atoms with Crippen LogP contribution in [-0.4, -0.2) is 36.0 Å². The summed E-state index contributed by atoms with van der Waals surface area (Å²) in [7, 11) is 0. The minimum absolute atomic E-state index is 0.280. The fourth-order valence-corrected chi connectivity index (χ4v) is 5.24. The molecular formula is C24H25N3O. The van der Waals surface area contributed by atoms with Gasteiger partial charge in [0.2, 0.25) is 5.91 Å². The first-order chi connectivity index (χ1) is 13.7. The van der Waals surface area contributed by atoms with E-state index in [1.807, 2.05) is 24.3 Å². The highest BCUT2D eigenvalue weighted by molar-refractivity contribution is 5.79. The molecule has 1 amide bonds. The number of hydrogen-bond acceptors (Lipinski definition) is 3. The number of rotatable bonds is 3. The second-order valence-corrected chi connectivity index (χ2v) is 8.44. The molecule has 4 nitrogen and oxygen atoms in total. The Morgan fingerprint density at radius 2 is 1.50 bits per heavy atom. The minimum atomic E-state index is 0.280. The Balaban J connectivity index is 1.26. The predicted molar refractivity (Wildman–Crippen MR) is 109 cm³/mol. The van der Waals surface area contributed by atoms with Crippen LogP contribution >= 0.6 is 0 Å². The van der Waals surface area contributed by atoms with Gasteiger partial charge in [0.15, 0.2) is 0 Å². The molecular weight excluding hydrogens is 346 g/mol. The molecule has 2 aromatic carbocycles. The van der Waals surface area contributed by atoms with Crippen LogP contribution in [-0.2, 0) is 4.79 Å². The maximum absolute atomic E-state index is 12.7. The van der Waals surface area contributed by atoms with Crippen LogP contribution in [0, 0.1) is 17.2 Å². The fraction of sp³-hybridized carbons (Fsp3) is 0.417. The first-order valence-electron chi connectivity index (χ1n) is 10.4. The number of piperidine rings is 1. The SMILES string of the molecule is N#Cc1ccc(-c2ccc(C3[C@@H]4CN(C(=O)C5CCCC5)C[C@H]3N4)cc2)cc1. The van der Waals surface area contributed by atoms with Crippen molar-refractivity contribution in [1.82, 2.24) is 10.2 Å². The monoisotopic (exact) mass is 371 g/mol. The Morgan fingerprint density at radius 1 is 0.929 bits per heavy atom. The Labute approximate surface area is 166 Å². The molecule has 2 aromatic rings. The number of carbonyl (C=O) groups is 1. The number of carbonyl (C=O) groups excluding carboxylic acids is 1. The largest absolute Gasteiger partial charge is 0.339 e. The molecule has 2 bridgehead atoms. The van der Waals surface area contributed by atoms with E-state index in [1.165, 1.54) is 24.0 Å². The number of hydrogen-bond donors (Lipinski definition) is 1. The van der Waals surface area contributed by atoms with Crippen LogP contribution in [0.4, 0.5) is 0 Å². The van der Waals surface area contributed by atoms with Crippen molar-refractivity contribution in [2.75, 3.05) is 13.1 Å². The maximum Gasteiger partial charge on any atom is 0.225 e. The van der Waals surface area contributed by atoms with Gasteiger partial charge < -0.3 is 10.2 Å². The number of amides is 1. The zero-order chi connectivity index (χ0) is 19.1. The normalized spacial score (nSPS) is 26.5. The number of benzene rings is 2.